The first-order valence-electron chi connectivity index (χ1n) is 3.17. The Morgan fingerprint density at radius 2 is 2.56 bits per heavy atom. The summed E-state index contributed by atoms with van der Waals surface area (Å²) in [4.78, 5) is 4.13. The van der Waals surface area contributed by atoms with Gasteiger partial charge in [0.2, 0.25) is 0 Å². The van der Waals surface area contributed by atoms with Crippen LogP contribution in [0.15, 0.2) is 16.8 Å². The molecule has 0 unspecified atom stereocenters. The summed E-state index contributed by atoms with van der Waals surface area (Å²) >= 11 is 0. The summed E-state index contributed by atoms with van der Waals surface area (Å²) in [6, 6.07) is 0. The van der Waals surface area contributed by atoms with Gasteiger partial charge in [0.05, 0.1) is 12.3 Å². The lowest BCUT2D eigenvalue weighted by molar-refractivity contribution is 0.329. The van der Waals surface area contributed by atoms with Crippen molar-refractivity contribution in [3.63, 3.8) is 0 Å². The molecule has 0 saturated carbocycles. The molecular formula is C7H11NO. The van der Waals surface area contributed by atoms with Crippen LogP contribution in [-0.2, 0) is 0 Å². The van der Waals surface area contributed by atoms with Crippen LogP contribution < -0.4 is 0 Å². The predicted molar refractivity (Wildman–Crippen MR) is 37.5 cm³/mol. The highest BCUT2D eigenvalue weighted by atomic mass is 16.3. The number of hydrogen-bond donors (Lipinski definition) is 1. The standard InChI is InChI=1S/C7H11NO/c1-6-3-2-4-7(5-9)8-6/h4,9H,2-3,5H2,1H3. The molecule has 0 aromatic carbocycles. The molecule has 9 heavy (non-hydrogen) atoms. The highest BCUT2D eigenvalue weighted by Crippen LogP contribution is 2.08. The van der Waals surface area contributed by atoms with Crippen molar-refractivity contribution < 1.29 is 5.11 Å². The van der Waals surface area contributed by atoms with Crippen LogP contribution in [0.1, 0.15) is 19.8 Å². The van der Waals surface area contributed by atoms with E-state index in [-0.39, 0.29) is 6.61 Å². The Morgan fingerprint density at radius 1 is 1.78 bits per heavy atom. The predicted octanol–water partition coefficient (Wildman–Crippen LogP) is 1.12. The molecule has 1 N–H and O–H groups in total. The van der Waals surface area contributed by atoms with E-state index in [4.69, 9.17) is 5.11 Å². The maximum atomic E-state index is 8.63. The third-order valence-corrected chi connectivity index (χ3v) is 1.38. The van der Waals surface area contributed by atoms with Gasteiger partial charge < -0.3 is 5.11 Å². The molecule has 2 nitrogen and oxygen atoms in total. The molecule has 0 saturated heterocycles. The topological polar surface area (TPSA) is 32.6 Å². The van der Waals surface area contributed by atoms with Gasteiger partial charge in [-0.3, -0.25) is 4.99 Å². The Labute approximate surface area is 54.9 Å². The van der Waals surface area contributed by atoms with Crippen molar-refractivity contribution in [2.75, 3.05) is 6.61 Å². The molecule has 0 radical (unpaired) electrons. The zero-order valence-corrected chi connectivity index (χ0v) is 5.59. The third kappa shape index (κ3) is 1.64. The zero-order chi connectivity index (χ0) is 6.69. The smallest absolute Gasteiger partial charge is 0.0849 e. The molecule has 0 fully saturated rings. The Hall–Kier alpha value is -0.630. The molecule has 0 amide bonds. The number of aliphatic hydroxyl groups excluding tert-OH is 1. The fourth-order valence-corrected chi connectivity index (χ4v) is 0.894. The largest absolute Gasteiger partial charge is 0.390 e. The molecule has 50 valence electrons. The van der Waals surface area contributed by atoms with Gasteiger partial charge in [-0.1, -0.05) is 6.08 Å². The molecule has 0 spiro atoms. The summed E-state index contributed by atoms with van der Waals surface area (Å²) in [5, 5.41) is 8.63. The Morgan fingerprint density at radius 3 is 3.00 bits per heavy atom. The van der Waals surface area contributed by atoms with E-state index in [1.807, 2.05) is 13.0 Å². The minimum absolute atomic E-state index is 0.0807. The lowest BCUT2D eigenvalue weighted by atomic mass is 10.1. The second-order valence-electron chi connectivity index (χ2n) is 2.24. The second kappa shape index (κ2) is 2.78. The zero-order valence-electron chi connectivity index (χ0n) is 5.59. The molecular weight excluding hydrogens is 114 g/mol. The number of hydrogen-bond acceptors (Lipinski definition) is 2. The van der Waals surface area contributed by atoms with Gasteiger partial charge in [0.15, 0.2) is 0 Å². The molecule has 0 bridgehead atoms. The number of nitrogens with zero attached hydrogens (tertiary/aromatic N) is 1. The summed E-state index contributed by atoms with van der Waals surface area (Å²) in [5.74, 6) is 0. The number of aliphatic imine (C=N–C) groups is 1. The van der Waals surface area contributed by atoms with Gasteiger partial charge in [0, 0.05) is 5.71 Å². The van der Waals surface area contributed by atoms with Crippen LogP contribution >= 0.6 is 0 Å². The fraction of sp³-hybridized carbons (Fsp3) is 0.571. The number of allylic oxidation sites excluding steroid dienone is 1. The summed E-state index contributed by atoms with van der Waals surface area (Å²) in [6.45, 7) is 2.07. The van der Waals surface area contributed by atoms with Crippen molar-refractivity contribution in [2.24, 2.45) is 4.99 Å². The van der Waals surface area contributed by atoms with Crippen LogP contribution in [-0.4, -0.2) is 17.4 Å². The summed E-state index contributed by atoms with van der Waals surface area (Å²) in [7, 11) is 0. The van der Waals surface area contributed by atoms with E-state index in [2.05, 4.69) is 4.99 Å². The first kappa shape index (κ1) is 6.49. The van der Waals surface area contributed by atoms with Crippen LogP contribution in [0, 0.1) is 0 Å². The number of rotatable bonds is 1. The van der Waals surface area contributed by atoms with Gasteiger partial charge in [0.1, 0.15) is 0 Å². The monoisotopic (exact) mass is 125 g/mol. The van der Waals surface area contributed by atoms with E-state index in [0.717, 1.165) is 24.3 Å². The summed E-state index contributed by atoms with van der Waals surface area (Å²) in [6.07, 6.45) is 4.06. The molecule has 1 aliphatic rings. The van der Waals surface area contributed by atoms with Crippen molar-refractivity contribution in [3.05, 3.63) is 11.8 Å². The first-order valence-corrected chi connectivity index (χ1v) is 3.17. The van der Waals surface area contributed by atoms with Crippen molar-refractivity contribution in [2.45, 2.75) is 19.8 Å². The van der Waals surface area contributed by atoms with Crippen molar-refractivity contribution in [1.29, 1.82) is 0 Å². The maximum Gasteiger partial charge on any atom is 0.0849 e. The fourth-order valence-electron chi connectivity index (χ4n) is 0.894. The van der Waals surface area contributed by atoms with E-state index in [1.54, 1.807) is 0 Å². The minimum atomic E-state index is 0.0807. The van der Waals surface area contributed by atoms with Crippen molar-refractivity contribution in [1.82, 2.24) is 0 Å². The Bertz CT molecular complexity index is 158. The van der Waals surface area contributed by atoms with Crippen LogP contribution in [0.5, 0.6) is 0 Å². The lowest BCUT2D eigenvalue weighted by Gasteiger charge is -2.05. The van der Waals surface area contributed by atoms with Crippen LogP contribution in [0.2, 0.25) is 0 Å². The molecule has 0 aromatic heterocycles. The molecule has 0 aromatic rings. The maximum absolute atomic E-state index is 8.63. The quantitative estimate of drug-likeness (QED) is 0.559. The van der Waals surface area contributed by atoms with Gasteiger partial charge >= 0.3 is 0 Å². The van der Waals surface area contributed by atoms with Crippen LogP contribution in [0.4, 0.5) is 0 Å². The van der Waals surface area contributed by atoms with Gasteiger partial charge in [0.25, 0.3) is 0 Å². The Balaban J connectivity index is 2.63. The summed E-state index contributed by atoms with van der Waals surface area (Å²) < 4.78 is 0. The van der Waals surface area contributed by atoms with Gasteiger partial charge in [-0.25, -0.2) is 0 Å². The average Bonchev–Trinajstić information content (AvgIpc) is 1.88. The summed E-state index contributed by atoms with van der Waals surface area (Å²) in [5.41, 5.74) is 1.94. The van der Waals surface area contributed by atoms with Crippen LogP contribution in [0.3, 0.4) is 0 Å². The second-order valence-corrected chi connectivity index (χ2v) is 2.24. The third-order valence-electron chi connectivity index (χ3n) is 1.38. The van der Waals surface area contributed by atoms with Gasteiger partial charge in [-0.05, 0) is 19.8 Å². The van der Waals surface area contributed by atoms with Crippen LogP contribution in [0.25, 0.3) is 0 Å². The van der Waals surface area contributed by atoms with Gasteiger partial charge in [-0.2, -0.15) is 0 Å². The van der Waals surface area contributed by atoms with E-state index in [1.165, 1.54) is 0 Å². The minimum Gasteiger partial charge on any atom is -0.390 e. The first-order chi connectivity index (χ1) is 4.33. The Kier molecular flexibility index (Phi) is 2.01. The molecule has 2 heteroatoms. The van der Waals surface area contributed by atoms with E-state index in [9.17, 15) is 0 Å². The van der Waals surface area contributed by atoms with E-state index >= 15 is 0 Å². The van der Waals surface area contributed by atoms with E-state index < -0.39 is 0 Å². The molecule has 0 atom stereocenters. The highest BCUT2D eigenvalue weighted by molar-refractivity contribution is 5.83. The SMILES string of the molecule is CC1=NC(CO)=CCC1. The van der Waals surface area contributed by atoms with Crippen molar-refractivity contribution >= 4 is 5.71 Å². The highest BCUT2D eigenvalue weighted by Gasteiger charge is 2.00. The molecule has 0 aliphatic carbocycles. The van der Waals surface area contributed by atoms with Crippen molar-refractivity contribution in [3.8, 4) is 0 Å². The molecule has 1 aliphatic heterocycles. The molecule has 1 rings (SSSR count). The van der Waals surface area contributed by atoms with E-state index in [0.29, 0.717) is 0 Å². The number of aliphatic hydroxyl groups is 1. The average molecular weight is 125 g/mol. The molecule has 1 heterocycles. The van der Waals surface area contributed by atoms with Gasteiger partial charge in [-0.15, -0.1) is 0 Å². The lowest BCUT2D eigenvalue weighted by Crippen LogP contribution is -2.00. The normalized spacial score (nSPS) is 18.9.